The second kappa shape index (κ2) is 8.12. The van der Waals surface area contributed by atoms with Gasteiger partial charge in [-0.3, -0.25) is 4.55 Å². The first-order valence-corrected chi connectivity index (χ1v) is 8.23. The molecule has 118 valence electrons. The molecule has 0 aromatic heterocycles. The summed E-state index contributed by atoms with van der Waals surface area (Å²) in [4.78, 5) is 0. The highest BCUT2D eigenvalue weighted by molar-refractivity contribution is 7.81. The normalized spacial score (nSPS) is 10.3. The Kier molecular flexibility index (Phi) is 5.91. The minimum absolute atomic E-state index is 0.0926. The van der Waals surface area contributed by atoms with Crippen molar-refractivity contribution >= 4 is 10.4 Å². The van der Waals surface area contributed by atoms with Crippen LogP contribution >= 0.6 is 0 Å². The first-order valence-electron chi connectivity index (χ1n) is 6.87. The van der Waals surface area contributed by atoms with E-state index in [1.54, 1.807) is 18.2 Å². The minimum atomic E-state index is -4.38. The van der Waals surface area contributed by atoms with Gasteiger partial charge in [-0.05, 0) is 23.3 Å². The second-order valence-electron chi connectivity index (χ2n) is 4.56. The molecule has 3 aromatic carbocycles. The molecule has 0 bridgehead atoms. The molecule has 0 aliphatic rings. The highest BCUT2D eigenvalue weighted by Crippen LogP contribution is 2.17. The van der Waals surface area contributed by atoms with E-state index < -0.39 is 10.4 Å². The van der Waals surface area contributed by atoms with Crippen LogP contribution in [-0.2, 0) is 10.4 Å². The van der Waals surface area contributed by atoms with Crippen LogP contribution in [0.15, 0.2) is 91.0 Å². The lowest BCUT2D eigenvalue weighted by Gasteiger charge is -1.98. The number of para-hydroxylation sites is 1. The van der Waals surface area contributed by atoms with E-state index in [0.717, 1.165) is 0 Å². The Hall–Kier alpha value is -2.63. The van der Waals surface area contributed by atoms with Gasteiger partial charge in [0.1, 0.15) is 5.75 Å². The van der Waals surface area contributed by atoms with Gasteiger partial charge in [-0.2, -0.15) is 8.42 Å². The monoisotopic (exact) mass is 328 g/mol. The van der Waals surface area contributed by atoms with Crippen molar-refractivity contribution in [3.05, 3.63) is 91.0 Å². The molecule has 0 spiro atoms. The molecule has 0 aliphatic heterocycles. The highest BCUT2D eigenvalue weighted by atomic mass is 32.3. The summed E-state index contributed by atoms with van der Waals surface area (Å²) in [6.07, 6.45) is 0. The maximum atomic E-state index is 10.1. The Labute approximate surface area is 136 Å². The Morgan fingerprint density at radius 1 is 0.609 bits per heavy atom. The first kappa shape index (κ1) is 16.7. The molecule has 0 saturated carbocycles. The molecule has 0 fully saturated rings. The van der Waals surface area contributed by atoms with Crippen molar-refractivity contribution in [1.82, 2.24) is 0 Å². The summed E-state index contributed by atoms with van der Waals surface area (Å²) < 4.78 is 32.6. The van der Waals surface area contributed by atoms with E-state index in [4.69, 9.17) is 4.55 Å². The van der Waals surface area contributed by atoms with E-state index in [9.17, 15) is 8.42 Å². The van der Waals surface area contributed by atoms with Gasteiger partial charge in [-0.25, -0.2) is 0 Å². The van der Waals surface area contributed by atoms with Crippen molar-refractivity contribution in [3.8, 4) is 16.9 Å². The van der Waals surface area contributed by atoms with Gasteiger partial charge >= 0.3 is 10.4 Å². The van der Waals surface area contributed by atoms with Crippen molar-refractivity contribution < 1.29 is 17.2 Å². The van der Waals surface area contributed by atoms with Crippen LogP contribution in [-0.4, -0.2) is 13.0 Å². The summed E-state index contributed by atoms with van der Waals surface area (Å²) in [7, 11) is -4.38. The number of hydrogen-bond donors (Lipinski definition) is 1. The average molecular weight is 328 g/mol. The summed E-state index contributed by atoms with van der Waals surface area (Å²) in [6, 6.07) is 28.5. The van der Waals surface area contributed by atoms with Crippen molar-refractivity contribution in [2.24, 2.45) is 0 Å². The fourth-order valence-electron chi connectivity index (χ4n) is 1.86. The fraction of sp³-hybridized carbons (Fsp3) is 0. The van der Waals surface area contributed by atoms with Crippen LogP contribution in [0.2, 0.25) is 0 Å². The van der Waals surface area contributed by atoms with Crippen molar-refractivity contribution in [3.63, 3.8) is 0 Å². The maximum Gasteiger partial charge on any atom is 0.446 e. The molecule has 4 nitrogen and oxygen atoms in total. The zero-order chi connectivity index (χ0) is 16.5. The van der Waals surface area contributed by atoms with Gasteiger partial charge in [-0.1, -0.05) is 78.9 Å². The zero-order valence-electron chi connectivity index (χ0n) is 12.2. The molecule has 5 heteroatoms. The van der Waals surface area contributed by atoms with Crippen LogP contribution in [0.3, 0.4) is 0 Å². The van der Waals surface area contributed by atoms with E-state index in [0.29, 0.717) is 0 Å². The third-order valence-corrected chi connectivity index (χ3v) is 3.23. The molecule has 0 atom stereocenters. The van der Waals surface area contributed by atoms with Gasteiger partial charge in [-0.15, -0.1) is 0 Å². The third kappa shape index (κ3) is 6.34. The van der Waals surface area contributed by atoms with Crippen molar-refractivity contribution in [2.75, 3.05) is 0 Å². The Bertz CT molecular complexity index is 764. The molecule has 0 radical (unpaired) electrons. The lowest BCUT2D eigenvalue weighted by molar-refractivity contribution is 0.387. The fourth-order valence-corrected chi connectivity index (χ4v) is 2.21. The zero-order valence-corrected chi connectivity index (χ0v) is 13.1. The van der Waals surface area contributed by atoms with Gasteiger partial charge in [0.15, 0.2) is 0 Å². The van der Waals surface area contributed by atoms with Crippen molar-refractivity contribution in [2.45, 2.75) is 0 Å². The summed E-state index contributed by atoms with van der Waals surface area (Å²) >= 11 is 0. The molecule has 0 unspecified atom stereocenters. The molecule has 0 heterocycles. The molecule has 0 saturated heterocycles. The van der Waals surface area contributed by atoms with E-state index in [1.807, 2.05) is 12.1 Å². The van der Waals surface area contributed by atoms with Crippen LogP contribution in [0.4, 0.5) is 0 Å². The van der Waals surface area contributed by atoms with E-state index in [1.165, 1.54) is 23.3 Å². The number of hydrogen-bond acceptors (Lipinski definition) is 3. The molecular formula is C18H16O4S. The van der Waals surface area contributed by atoms with Crippen LogP contribution in [0.1, 0.15) is 0 Å². The standard InChI is InChI=1S/C12H10.C6H6O4S/c1-3-7-11(8-4-1)12-9-5-2-6-10-12;7-11(8,9)10-6-4-2-1-3-5-6/h1-10H;1-5H,(H,7,8,9). The molecule has 23 heavy (non-hydrogen) atoms. The lowest BCUT2D eigenvalue weighted by atomic mass is 10.1. The van der Waals surface area contributed by atoms with Crippen LogP contribution in [0, 0.1) is 0 Å². The molecule has 0 amide bonds. The summed E-state index contributed by atoms with van der Waals surface area (Å²) in [6.45, 7) is 0. The summed E-state index contributed by atoms with van der Waals surface area (Å²) in [5.41, 5.74) is 2.55. The van der Waals surface area contributed by atoms with Crippen LogP contribution in [0.25, 0.3) is 11.1 Å². The molecule has 1 N–H and O–H groups in total. The Morgan fingerprint density at radius 2 is 0.957 bits per heavy atom. The third-order valence-electron chi connectivity index (χ3n) is 2.83. The lowest BCUT2D eigenvalue weighted by Crippen LogP contribution is -2.06. The summed E-state index contributed by atoms with van der Waals surface area (Å²) in [5, 5.41) is 0. The number of rotatable bonds is 3. The molecule has 3 aromatic rings. The van der Waals surface area contributed by atoms with Crippen LogP contribution in [0.5, 0.6) is 5.75 Å². The quantitative estimate of drug-likeness (QED) is 0.731. The maximum absolute atomic E-state index is 10.1. The smallest absolute Gasteiger partial charge is 0.362 e. The van der Waals surface area contributed by atoms with Crippen LogP contribution < -0.4 is 4.18 Å². The minimum Gasteiger partial charge on any atom is -0.362 e. The van der Waals surface area contributed by atoms with Gasteiger partial charge in [0.05, 0.1) is 0 Å². The van der Waals surface area contributed by atoms with Gasteiger partial charge in [0.25, 0.3) is 0 Å². The summed E-state index contributed by atoms with van der Waals surface area (Å²) in [5.74, 6) is 0.0926. The van der Waals surface area contributed by atoms with Gasteiger partial charge < -0.3 is 4.18 Å². The average Bonchev–Trinajstić information content (AvgIpc) is 2.56. The molecule has 3 rings (SSSR count). The Morgan fingerprint density at radius 3 is 1.30 bits per heavy atom. The Balaban J connectivity index is 0.000000168. The predicted molar refractivity (Wildman–Crippen MR) is 90.5 cm³/mol. The van der Waals surface area contributed by atoms with Crippen molar-refractivity contribution in [1.29, 1.82) is 0 Å². The van der Waals surface area contributed by atoms with E-state index in [2.05, 4.69) is 52.7 Å². The molecular weight excluding hydrogens is 312 g/mol. The second-order valence-corrected chi connectivity index (χ2v) is 5.58. The van der Waals surface area contributed by atoms with E-state index in [-0.39, 0.29) is 5.75 Å². The molecule has 0 aliphatic carbocycles. The number of benzene rings is 3. The van der Waals surface area contributed by atoms with E-state index >= 15 is 0 Å². The largest absolute Gasteiger partial charge is 0.446 e. The predicted octanol–water partition coefficient (Wildman–Crippen LogP) is 4.22. The van der Waals surface area contributed by atoms with Gasteiger partial charge in [0.2, 0.25) is 0 Å². The topological polar surface area (TPSA) is 63.6 Å². The SMILES string of the molecule is O=S(=O)(O)Oc1ccccc1.c1ccc(-c2ccccc2)cc1. The van der Waals surface area contributed by atoms with Gasteiger partial charge in [0, 0.05) is 0 Å². The first-order chi connectivity index (χ1) is 11.0. The highest BCUT2D eigenvalue weighted by Gasteiger charge is 2.04.